The van der Waals surface area contributed by atoms with Crippen LogP contribution in [0.2, 0.25) is 0 Å². The zero-order valence-corrected chi connectivity index (χ0v) is 11.6. The molecular formula is C13H14ClF6N. The van der Waals surface area contributed by atoms with E-state index in [4.69, 9.17) is 5.73 Å². The Morgan fingerprint density at radius 2 is 1.67 bits per heavy atom. The topological polar surface area (TPSA) is 26.0 Å². The highest BCUT2D eigenvalue weighted by Gasteiger charge is 2.38. The van der Waals surface area contributed by atoms with Gasteiger partial charge in [0.05, 0.1) is 11.1 Å². The van der Waals surface area contributed by atoms with Gasteiger partial charge in [0.2, 0.25) is 0 Å². The Morgan fingerprint density at radius 3 is 2.10 bits per heavy atom. The van der Waals surface area contributed by atoms with Crippen LogP contribution in [0, 0.1) is 0 Å². The Balaban J connectivity index is 0.00000400. The Hall–Kier alpha value is -1.21. The van der Waals surface area contributed by atoms with E-state index < -0.39 is 29.5 Å². The van der Waals surface area contributed by atoms with E-state index in [-0.39, 0.29) is 30.5 Å². The standard InChI is InChI=1S/C13H13F6N.ClH/c1-2-3-4-11(20)9-6-5-8(12(14,15)16)7-10(9)13(17,18)19;/h2,5-7,11H,1,3-4,20H2;1H/t11-;/m1./s1. The maximum atomic E-state index is 12.9. The Kier molecular flexibility index (Phi) is 6.76. The van der Waals surface area contributed by atoms with Crippen LogP contribution in [0.5, 0.6) is 0 Å². The summed E-state index contributed by atoms with van der Waals surface area (Å²) in [4.78, 5) is 0. The molecule has 0 aliphatic rings. The molecule has 0 saturated heterocycles. The van der Waals surface area contributed by atoms with Gasteiger partial charge in [-0.2, -0.15) is 26.3 Å². The fourth-order valence-corrected chi connectivity index (χ4v) is 1.75. The molecule has 1 aromatic carbocycles. The van der Waals surface area contributed by atoms with Crippen molar-refractivity contribution in [2.24, 2.45) is 5.73 Å². The molecule has 0 amide bonds. The van der Waals surface area contributed by atoms with E-state index in [1.807, 2.05) is 0 Å². The smallest absolute Gasteiger partial charge is 0.324 e. The van der Waals surface area contributed by atoms with Crippen LogP contribution in [0.3, 0.4) is 0 Å². The Labute approximate surface area is 124 Å². The van der Waals surface area contributed by atoms with Gasteiger partial charge in [-0.1, -0.05) is 12.1 Å². The van der Waals surface area contributed by atoms with Crippen LogP contribution in [0.4, 0.5) is 26.3 Å². The third kappa shape index (κ3) is 5.24. The van der Waals surface area contributed by atoms with Crippen molar-refractivity contribution in [3.05, 3.63) is 47.5 Å². The number of hydrogen-bond donors (Lipinski definition) is 1. The molecule has 1 atom stereocenters. The average molecular weight is 334 g/mol. The Bertz CT molecular complexity index is 481. The first-order valence-corrected chi connectivity index (χ1v) is 5.72. The van der Waals surface area contributed by atoms with Gasteiger partial charge in [-0.05, 0) is 30.5 Å². The van der Waals surface area contributed by atoms with Crippen molar-refractivity contribution in [2.45, 2.75) is 31.2 Å². The van der Waals surface area contributed by atoms with Gasteiger partial charge in [0, 0.05) is 6.04 Å². The highest BCUT2D eigenvalue weighted by molar-refractivity contribution is 5.85. The summed E-state index contributed by atoms with van der Waals surface area (Å²) in [5, 5.41) is 0. The van der Waals surface area contributed by atoms with Gasteiger partial charge >= 0.3 is 12.4 Å². The minimum absolute atomic E-state index is 0. The van der Waals surface area contributed by atoms with Crippen molar-refractivity contribution < 1.29 is 26.3 Å². The molecule has 0 aliphatic heterocycles. The maximum Gasteiger partial charge on any atom is 0.416 e. The SMILES string of the molecule is C=CCC[C@@H](N)c1ccc(C(F)(F)F)cc1C(F)(F)F.Cl. The minimum Gasteiger partial charge on any atom is -0.324 e. The molecule has 0 bridgehead atoms. The second kappa shape index (κ2) is 7.17. The molecular weight excluding hydrogens is 320 g/mol. The minimum atomic E-state index is -4.89. The van der Waals surface area contributed by atoms with Gasteiger partial charge in [0.15, 0.2) is 0 Å². The fraction of sp³-hybridized carbons (Fsp3) is 0.385. The zero-order valence-electron chi connectivity index (χ0n) is 10.8. The van der Waals surface area contributed by atoms with Gasteiger partial charge in [0.25, 0.3) is 0 Å². The number of rotatable bonds is 4. The molecule has 0 fully saturated rings. The van der Waals surface area contributed by atoms with Gasteiger partial charge in [-0.15, -0.1) is 19.0 Å². The van der Waals surface area contributed by atoms with E-state index in [0.29, 0.717) is 12.5 Å². The van der Waals surface area contributed by atoms with Gasteiger partial charge in [0.1, 0.15) is 0 Å². The van der Waals surface area contributed by atoms with Crippen LogP contribution in [-0.4, -0.2) is 0 Å². The summed E-state index contributed by atoms with van der Waals surface area (Å²) in [5.41, 5.74) is 2.58. The van der Waals surface area contributed by atoms with E-state index in [1.165, 1.54) is 6.08 Å². The lowest BCUT2D eigenvalue weighted by atomic mass is 9.95. The molecule has 0 aromatic heterocycles. The quantitative estimate of drug-likeness (QED) is 0.601. The number of allylic oxidation sites excluding steroid dienone is 1. The second-order valence-corrected chi connectivity index (χ2v) is 4.27. The van der Waals surface area contributed by atoms with Crippen LogP contribution in [0.15, 0.2) is 30.9 Å². The van der Waals surface area contributed by atoms with E-state index in [2.05, 4.69) is 6.58 Å². The van der Waals surface area contributed by atoms with Crippen molar-refractivity contribution in [3.63, 3.8) is 0 Å². The number of alkyl halides is 6. The molecule has 0 radical (unpaired) electrons. The molecule has 1 aromatic rings. The normalized spacial score (nSPS) is 13.5. The summed E-state index contributed by atoms with van der Waals surface area (Å²) in [6.45, 7) is 3.42. The lowest BCUT2D eigenvalue weighted by Crippen LogP contribution is -2.19. The summed E-state index contributed by atoms with van der Waals surface area (Å²) in [6.07, 6.45) is -7.68. The average Bonchev–Trinajstić information content (AvgIpc) is 2.33. The van der Waals surface area contributed by atoms with Gasteiger partial charge in [-0.25, -0.2) is 0 Å². The van der Waals surface area contributed by atoms with Crippen LogP contribution in [0.25, 0.3) is 0 Å². The predicted octanol–water partition coefficient (Wildman–Crippen LogP) is 5.11. The van der Waals surface area contributed by atoms with Crippen molar-refractivity contribution in [1.82, 2.24) is 0 Å². The number of halogens is 7. The first-order valence-electron chi connectivity index (χ1n) is 5.72. The molecule has 21 heavy (non-hydrogen) atoms. The number of hydrogen-bond acceptors (Lipinski definition) is 1. The Morgan fingerprint density at radius 1 is 1.10 bits per heavy atom. The van der Waals surface area contributed by atoms with Crippen LogP contribution >= 0.6 is 12.4 Å². The number of benzene rings is 1. The van der Waals surface area contributed by atoms with Crippen LogP contribution in [-0.2, 0) is 12.4 Å². The molecule has 0 heterocycles. The number of nitrogens with two attached hydrogens (primary N) is 1. The molecule has 0 unspecified atom stereocenters. The third-order valence-corrected chi connectivity index (χ3v) is 2.77. The molecule has 120 valence electrons. The van der Waals surface area contributed by atoms with Gasteiger partial charge in [-0.3, -0.25) is 0 Å². The molecule has 2 N–H and O–H groups in total. The molecule has 1 rings (SSSR count). The largest absolute Gasteiger partial charge is 0.416 e. The lowest BCUT2D eigenvalue weighted by Gasteiger charge is -2.19. The summed E-state index contributed by atoms with van der Waals surface area (Å²) < 4.78 is 76.0. The van der Waals surface area contributed by atoms with Crippen molar-refractivity contribution in [1.29, 1.82) is 0 Å². The van der Waals surface area contributed by atoms with Crippen molar-refractivity contribution in [2.75, 3.05) is 0 Å². The summed E-state index contributed by atoms with van der Waals surface area (Å²) in [6, 6.07) is 0.507. The van der Waals surface area contributed by atoms with Gasteiger partial charge < -0.3 is 5.73 Å². The monoisotopic (exact) mass is 333 g/mol. The highest BCUT2D eigenvalue weighted by atomic mass is 35.5. The van der Waals surface area contributed by atoms with Crippen LogP contribution < -0.4 is 5.73 Å². The van der Waals surface area contributed by atoms with E-state index in [9.17, 15) is 26.3 Å². The summed E-state index contributed by atoms with van der Waals surface area (Å²) in [5.74, 6) is 0. The van der Waals surface area contributed by atoms with E-state index in [1.54, 1.807) is 0 Å². The first kappa shape index (κ1) is 19.8. The predicted molar refractivity (Wildman–Crippen MR) is 70.1 cm³/mol. The maximum absolute atomic E-state index is 12.9. The highest BCUT2D eigenvalue weighted by Crippen LogP contribution is 2.39. The van der Waals surface area contributed by atoms with Crippen molar-refractivity contribution in [3.8, 4) is 0 Å². The summed E-state index contributed by atoms with van der Waals surface area (Å²) >= 11 is 0. The first-order chi connectivity index (χ1) is 9.07. The van der Waals surface area contributed by atoms with E-state index >= 15 is 0 Å². The molecule has 1 nitrogen and oxygen atoms in total. The van der Waals surface area contributed by atoms with Crippen LogP contribution in [0.1, 0.15) is 35.6 Å². The fourth-order valence-electron chi connectivity index (χ4n) is 1.75. The zero-order chi connectivity index (χ0) is 15.6. The lowest BCUT2D eigenvalue weighted by molar-refractivity contribution is -0.143. The molecule has 8 heteroatoms. The molecule has 0 spiro atoms. The molecule has 0 saturated carbocycles. The third-order valence-electron chi connectivity index (χ3n) is 2.77. The second-order valence-electron chi connectivity index (χ2n) is 4.27. The van der Waals surface area contributed by atoms with Crippen molar-refractivity contribution >= 4 is 12.4 Å². The summed E-state index contributed by atoms with van der Waals surface area (Å²) in [7, 11) is 0. The van der Waals surface area contributed by atoms with E-state index in [0.717, 1.165) is 6.07 Å². The molecule has 0 aliphatic carbocycles.